The van der Waals surface area contributed by atoms with Crippen LogP contribution in [0, 0.1) is 17.0 Å². The molecule has 122 valence electrons. The van der Waals surface area contributed by atoms with Crippen LogP contribution in [0.5, 0.6) is 0 Å². The van der Waals surface area contributed by atoms with Crippen LogP contribution >= 0.6 is 11.8 Å². The van der Waals surface area contributed by atoms with Gasteiger partial charge in [-0.3, -0.25) is 15.2 Å². The molecule has 3 aromatic rings. The number of non-ortho nitro benzene ring substituents is 1. The summed E-state index contributed by atoms with van der Waals surface area (Å²) >= 11 is 1.46. The Balaban J connectivity index is 1.75. The van der Waals surface area contributed by atoms with E-state index in [-0.39, 0.29) is 15.9 Å². The van der Waals surface area contributed by atoms with E-state index in [1.165, 1.54) is 23.4 Å². The molecule has 0 saturated carbocycles. The SMILES string of the molecule is Cc1ccc(-c2nc(SC(C)c3cccc([N+](=O)[O-])c3)n[nH]2)cc1. The summed E-state index contributed by atoms with van der Waals surface area (Å²) in [6.45, 7) is 4.01. The molecule has 2 aromatic carbocycles. The molecule has 0 aliphatic carbocycles. The average molecular weight is 340 g/mol. The van der Waals surface area contributed by atoms with Gasteiger partial charge in [0, 0.05) is 22.9 Å². The van der Waals surface area contributed by atoms with Crippen molar-refractivity contribution in [2.24, 2.45) is 0 Å². The predicted octanol–water partition coefficient (Wildman–Crippen LogP) is 4.54. The van der Waals surface area contributed by atoms with Crippen molar-refractivity contribution in [1.82, 2.24) is 15.2 Å². The highest BCUT2D eigenvalue weighted by atomic mass is 32.2. The van der Waals surface area contributed by atoms with Crippen LogP contribution in [0.15, 0.2) is 53.7 Å². The van der Waals surface area contributed by atoms with Crippen LogP contribution in [0.3, 0.4) is 0 Å². The molecule has 24 heavy (non-hydrogen) atoms. The molecule has 1 aromatic heterocycles. The molecule has 0 spiro atoms. The van der Waals surface area contributed by atoms with Gasteiger partial charge in [-0.15, -0.1) is 5.10 Å². The molecule has 0 bridgehead atoms. The highest BCUT2D eigenvalue weighted by Crippen LogP contribution is 2.34. The van der Waals surface area contributed by atoms with Gasteiger partial charge in [0.15, 0.2) is 5.82 Å². The number of H-pyrrole nitrogens is 1. The fraction of sp³-hybridized carbons (Fsp3) is 0.176. The molecule has 1 N–H and O–H groups in total. The highest BCUT2D eigenvalue weighted by Gasteiger charge is 2.15. The summed E-state index contributed by atoms with van der Waals surface area (Å²) in [7, 11) is 0. The van der Waals surface area contributed by atoms with E-state index >= 15 is 0 Å². The molecule has 7 heteroatoms. The quantitative estimate of drug-likeness (QED) is 0.419. The summed E-state index contributed by atoms with van der Waals surface area (Å²) < 4.78 is 0. The Kier molecular flexibility index (Phi) is 4.61. The minimum Gasteiger partial charge on any atom is -0.258 e. The second-order valence-corrected chi connectivity index (χ2v) is 6.75. The zero-order valence-corrected chi connectivity index (χ0v) is 14.1. The monoisotopic (exact) mass is 340 g/mol. The summed E-state index contributed by atoms with van der Waals surface area (Å²) in [5.74, 6) is 0.712. The van der Waals surface area contributed by atoms with Crippen LogP contribution in [-0.2, 0) is 0 Å². The first-order valence-electron chi connectivity index (χ1n) is 7.43. The van der Waals surface area contributed by atoms with E-state index in [1.807, 2.05) is 44.2 Å². The number of nitro benzene ring substituents is 1. The first-order valence-corrected chi connectivity index (χ1v) is 8.31. The lowest BCUT2D eigenvalue weighted by atomic mass is 10.1. The average Bonchev–Trinajstić information content (AvgIpc) is 3.04. The van der Waals surface area contributed by atoms with Crippen molar-refractivity contribution in [1.29, 1.82) is 0 Å². The maximum absolute atomic E-state index is 10.9. The van der Waals surface area contributed by atoms with Crippen LogP contribution < -0.4 is 0 Å². The minimum atomic E-state index is -0.386. The van der Waals surface area contributed by atoms with E-state index < -0.39 is 0 Å². The molecule has 0 radical (unpaired) electrons. The molecule has 0 aliphatic rings. The Morgan fingerprint density at radius 3 is 2.67 bits per heavy atom. The summed E-state index contributed by atoms with van der Waals surface area (Å²) in [6, 6.07) is 14.7. The maximum Gasteiger partial charge on any atom is 0.269 e. The van der Waals surface area contributed by atoms with Crippen LogP contribution in [-0.4, -0.2) is 20.1 Å². The zero-order chi connectivity index (χ0) is 17.1. The first-order chi connectivity index (χ1) is 11.5. The van der Waals surface area contributed by atoms with E-state index in [0.717, 1.165) is 11.1 Å². The van der Waals surface area contributed by atoms with Crippen molar-refractivity contribution in [3.8, 4) is 11.4 Å². The molecule has 1 heterocycles. The van der Waals surface area contributed by atoms with Gasteiger partial charge in [0.05, 0.1) is 4.92 Å². The van der Waals surface area contributed by atoms with Crippen molar-refractivity contribution in [3.05, 3.63) is 69.8 Å². The van der Waals surface area contributed by atoms with Gasteiger partial charge in [-0.2, -0.15) is 0 Å². The van der Waals surface area contributed by atoms with E-state index in [4.69, 9.17) is 0 Å². The predicted molar refractivity (Wildman–Crippen MR) is 93.9 cm³/mol. The lowest BCUT2D eigenvalue weighted by Gasteiger charge is -2.08. The topological polar surface area (TPSA) is 84.7 Å². The van der Waals surface area contributed by atoms with Gasteiger partial charge >= 0.3 is 0 Å². The third-order valence-corrected chi connectivity index (χ3v) is 4.64. The minimum absolute atomic E-state index is 0.00608. The van der Waals surface area contributed by atoms with Gasteiger partial charge in [-0.1, -0.05) is 53.7 Å². The number of aromatic amines is 1. The Morgan fingerprint density at radius 2 is 1.96 bits per heavy atom. The number of benzene rings is 2. The molecule has 1 atom stereocenters. The van der Waals surface area contributed by atoms with Gasteiger partial charge < -0.3 is 0 Å². The fourth-order valence-corrected chi connectivity index (χ4v) is 3.10. The largest absolute Gasteiger partial charge is 0.269 e. The summed E-state index contributed by atoms with van der Waals surface area (Å²) in [5, 5.41) is 18.7. The Morgan fingerprint density at radius 1 is 1.21 bits per heavy atom. The van der Waals surface area contributed by atoms with Crippen LogP contribution in [0.25, 0.3) is 11.4 Å². The Bertz CT molecular complexity index is 861. The van der Waals surface area contributed by atoms with E-state index in [1.54, 1.807) is 12.1 Å². The molecule has 0 amide bonds. The molecular formula is C17H16N4O2S. The molecule has 6 nitrogen and oxygen atoms in total. The molecule has 3 rings (SSSR count). The van der Waals surface area contributed by atoms with Gasteiger partial charge in [-0.05, 0) is 19.4 Å². The van der Waals surface area contributed by atoms with Crippen molar-refractivity contribution in [3.63, 3.8) is 0 Å². The smallest absolute Gasteiger partial charge is 0.258 e. The summed E-state index contributed by atoms with van der Waals surface area (Å²) in [6.07, 6.45) is 0. The van der Waals surface area contributed by atoms with Crippen LogP contribution in [0.2, 0.25) is 0 Å². The number of nitro groups is 1. The van der Waals surface area contributed by atoms with E-state index in [2.05, 4.69) is 15.2 Å². The lowest BCUT2D eigenvalue weighted by molar-refractivity contribution is -0.384. The normalized spacial score (nSPS) is 12.1. The molecule has 0 saturated heterocycles. The van der Waals surface area contributed by atoms with Crippen molar-refractivity contribution < 1.29 is 4.92 Å². The van der Waals surface area contributed by atoms with Crippen molar-refractivity contribution >= 4 is 17.4 Å². The second-order valence-electron chi connectivity index (χ2n) is 5.44. The van der Waals surface area contributed by atoms with Crippen LogP contribution in [0.1, 0.15) is 23.3 Å². The number of aryl methyl sites for hydroxylation is 1. The molecular weight excluding hydrogens is 324 g/mol. The standard InChI is InChI=1S/C17H16N4O2S/c1-11-6-8-13(9-7-11)16-18-17(20-19-16)24-12(2)14-4-3-5-15(10-14)21(22)23/h3-10,12H,1-2H3,(H,18,19,20). The van der Waals surface area contributed by atoms with Gasteiger partial charge in [0.1, 0.15) is 0 Å². The third-order valence-electron chi connectivity index (χ3n) is 3.62. The summed E-state index contributed by atoms with van der Waals surface area (Å²) in [5.41, 5.74) is 3.13. The summed E-state index contributed by atoms with van der Waals surface area (Å²) in [4.78, 5) is 15.0. The third kappa shape index (κ3) is 3.62. The number of hydrogen-bond acceptors (Lipinski definition) is 5. The number of thioether (sulfide) groups is 1. The maximum atomic E-state index is 10.9. The lowest BCUT2D eigenvalue weighted by Crippen LogP contribution is -1.93. The number of aromatic nitrogens is 3. The molecule has 1 unspecified atom stereocenters. The van der Waals surface area contributed by atoms with E-state index in [9.17, 15) is 10.1 Å². The molecule has 0 fully saturated rings. The number of nitrogens with zero attached hydrogens (tertiary/aromatic N) is 3. The van der Waals surface area contributed by atoms with Crippen LogP contribution in [0.4, 0.5) is 5.69 Å². The zero-order valence-electron chi connectivity index (χ0n) is 13.3. The molecule has 0 aliphatic heterocycles. The van der Waals surface area contributed by atoms with Crippen molar-refractivity contribution in [2.75, 3.05) is 0 Å². The number of rotatable bonds is 5. The van der Waals surface area contributed by atoms with Crippen molar-refractivity contribution in [2.45, 2.75) is 24.3 Å². The van der Waals surface area contributed by atoms with Gasteiger partial charge in [0.25, 0.3) is 5.69 Å². The van der Waals surface area contributed by atoms with E-state index in [0.29, 0.717) is 11.0 Å². The fourth-order valence-electron chi connectivity index (χ4n) is 2.26. The van der Waals surface area contributed by atoms with Gasteiger partial charge in [-0.25, -0.2) is 4.98 Å². The number of nitrogens with one attached hydrogen (secondary N) is 1. The first kappa shape index (κ1) is 16.2. The second kappa shape index (κ2) is 6.84. The number of hydrogen-bond donors (Lipinski definition) is 1. The Hall–Kier alpha value is -2.67. The highest BCUT2D eigenvalue weighted by molar-refractivity contribution is 7.99. The van der Waals surface area contributed by atoms with Gasteiger partial charge in [0.2, 0.25) is 5.16 Å². The Labute approximate surface area is 143 Å².